The number of hydrogen-bond donors (Lipinski definition) is 0. The Morgan fingerprint density at radius 3 is 2.62 bits per heavy atom. The lowest BCUT2D eigenvalue weighted by Crippen LogP contribution is -2.38. The molecule has 1 aliphatic heterocycles. The molecule has 1 aromatic carbocycles. The lowest BCUT2D eigenvalue weighted by atomic mass is 10.2. The van der Waals surface area contributed by atoms with Crippen LogP contribution in [0.15, 0.2) is 34.8 Å². The third kappa shape index (κ3) is 6.14. The van der Waals surface area contributed by atoms with Crippen LogP contribution >= 0.6 is 23.1 Å². The molecule has 7 nitrogen and oxygen atoms in total. The lowest BCUT2D eigenvalue weighted by Gasteiger charge is -2.28. The molecule has 2 aromatic heterocycles. The largest absolute Gasteiger partial charge is 0.486 e. The molecule has 172 valence electrons. The average molecular weight is 486 g/mol. The number of ether oxygens (including phenoxy) is 2. The number of rotatable bonds is 8. The van der Waals surface area contributed by atoms with Gasteiger partial charge in [-0.25, -0.2) is 4.98 Å². The fourth-order valence-electron chi connectivity index (χ4n) is 3.10. The van der Waals surface area contributed by atoms with E-state index in [2.05, 4.69) is 15.2 Å². The Hall–Kier alpha value is -2.31. The second-order valence-electron chi connectivity index (χ2n) is 7.21. The van der Waals surface area contributed by atoms with Crippen LogP contribution in [0.25, 0.3) is 0 Å². The number of alkyl halides is 3. The van der Waals surface area contributed by atoms with Gasteiger partial charge in [-0.15, -0.1) is 21.5 Å². The van der Waals surface area contributed by atoms with Crippen molar-refractivity contribution >= 4 is 29.0 Å². The molecule has 1 aliphatic rings. The van der Waals surface area contributed by atoms with E-state index in [9.17, 15) is 13.2 Å². The predicted octanol–water partition coefficient (Wildman–Crippen LogP) is 4.31. The van der Waals surface area contributed by atoms with Crippen LogP contribution in [0.5, 0.6) is 5.75 Å². The summed E-state index contributed by atoms with van der Waals surface area (Å²) in [6.45, 7) is 3.08. The van der Waals surface area contributed by atoms with E-state index in [1.165, 1.54) is 23.1 Å². The molecule has 0 N–H and O–H groups in total. The molecule has 0 spiro atoms. The van der Waals surface area contributed by atoms with E-state index in [1.807, 2.05) is 36.6 Å². The molecule has 32 heavy (non-hydrogen) atoms. The highest BCUT2D eigenvalue weighted by molar-refractivity contribution is 7.98. The number of aryl methyl sites for hydroxylation is 1. The van der Waals surface area contributed by atoms with Crippen molar-refractivity contribution in [2.45, 2.75) is 37.2 Å². The number of anilines is 1. The summed E-state index contributed by atoms with van der Waals surface area (Å²) in [5, 5.41) is 11.0. The van der Waals surface area contributed by atoms with Crippen LogP contribution in [0.4, 0.5) is 19.1 Å². The predicted molar refractivity (Wildman–Crippen MR) is 116 cm³/mol. The quantitative estimate of drug-likeness (QED) is 0.441. The molecule has 0 aliphatic carbocycles. The van der Waals surface area contributed by atoms with Crippen molar-refractivity contribution in [3.8, 4) is 5.75 Å². The lowest BCUT2D eigenvalue weighted by molar-refractivity contribution is -0.141. The number of morpholine rings is 1. The van der Waals surface area contributed by atoms with Crippen LogP contribution in [0.1, 0.15) is 16.3 Å². The maximum atomic E-state index is 13.2. The number of hydrogen-bond acceptors (Lipinski definition) is 8. The van der Waals surface area contributed by atoms with Crippen LogP contribution in [-0.2, 0) is 23.6 Å². The van der Waals surface area contributed by atoms with Gasteiger partial charge in [0.15, 0.2) is 5.16 Å². The number of thiazole rings is 1. The SMILES string of the molecule is Cc1ccc(OCc2nc(CSc3nnc(N4CCOCC4)n3CC(F)(F)F)cs2)cc1. The van der Waals surface area contributed by atoms with Crippen molar-refractivity contribution in [1.82, 2.24) is 19.7 Å². The minimum atomic E-state index is -4.38. The van der Waals surface area contributed by atoms with Crippen LogP contribution in [0, 0.1) is 6.92 Å². The summed E-state index contributed by atoms with van der Waals surface area (Å²) in [5.41, 5.74) is 1.91. The highest BCUT2D eigenvalue weighted by Gasteiger charge is 2.32. The summed E-state index contributed by atoms with van der Waals surface area (Å²) in [4.78, 5) is 6.30. The highest BCUT2D eigenvalue weighted by Crippen LogP contribution is 2.30. The third-order valence-corrected chi connectivity index (χ3v) is 6.53. The Bertz CT molecular complexity index is 1020. The summed E-state index contributed by atoms with van der Waals surface area (Å²) < 4.78 is 51.8. The Balaban J connectivity index is 1.39. The number of benzene rings is 1. The maximum Gasteiger partial charge on any atom is 0.406 e. The van der Waals surface area contributed by atoms with Crippen LogP contribution in [-0.4, -0.2) is 52.2 Å². The van der Waals surface area contributed by atoms with E-state index in [0.717, 1.165) is 26.6 Å². The zero-order valence-electron chi connectivity index (χ0n) is 17.3. The van der Waals surface area contributed by atoms with Crippen LogP contribution < -0.4 is 9.64 Å². The number of halogens is 3. The fraction of sp³-hybridized carbons (Fsp3) is 0.450. The topological polar surface area (TPSA) is 65.3 Å². The summed E-state index contributed by atoms with van der Waals surface area (Å²) in [5.74, 6) is 1.37. The van der Waals surface area contributed by atoms with Gasteiger partial charge >= 0.3 is 6.18 Å². The first-order valence-electron chi connectivity index (χ1n) is 9.95. The van der Waals surface area contributed by atoms with Gasteiger partial charge in [0.05, 0.1) is 18.9 Å². The maximum absolute atomic E-state index is 13.2. The standard InChI is InChI=1S/C20H22F3N5O2S2/c1-14-2-4-16(5-3-14)30-10-17-24-15(11-31-17)12-32-19-26-25-18(27-6-8-29-9-7-27)28(19)13-20(21,22)23/h2-5,11H,6-10,12-13H2,1H3. The molecule has 0 atom stereocenters. The first-order chi connectivity index (χ1) is 15.4. The van der Waals surface area contributed by atoms with E-state index in [0.29, 0.717) is 38.7 Å². The van der Waals surface area contributed by atoms with Crippen LogP contribution in [0.3, 0.4) is 0 Å². The first-order valence-corrected chi connectivity index (χ1v) is 11.8. The van der Waals surface area contributed by atoms with Crippen molar-refractivity contribution in [3.05, 3.63) is 45.9 Å². The molecule has 0 saturated carbocycles. The van der Waals surface area contributed by atoms with E-state index in [4.69, 9.17) is 9.47 Å². The van der Waals surface area contributed by atoms with Gasteiger partial charge in [0.25, 0.3) is 0 Å². The van der Waals surface area contributed by atoms with Crippen LogP contribution in [0.2, 0.25) is 0 Å². The molecule has 0 bridgehead atoms. The molecule has 0 radical (unpaired) electrons. The van der Waals surface area contributed by atoms with Gasteiger partial charge < -0.3 is 14.4 Å². The normalized spacial score (nSPS) is 14.7. The minimum absolute atomic E-state index is 0.217. The fourth-order valence-corrected chi connectivity index (χ4v) is 4.74. The number of aromatic nitrogens is 4. The molecular weight excluding hydrogens is 463 g/mol. The molecule has 4 rings (SSSR count). The number of nitrogens with zero attached hydrogens (tertiary/aromatic N) is 5. The molecule has 1 saturated heterocycles. The van der Waals surface area contributed by atoms with Gasteiger partial charge in [0.1, 0.15) is 23.9 Å². The van der Waals surface area contributed by atoms with Gasteiger partial charge in [-0.2, -0.15) is 13.2 Å². The van der Waals surface area contributed by atoms with Crippen molar-refractivity contribution in [2.75, 3.05) is 31.2 Å². The van der Waals surface area contributed by atoms with E-state index >= 15 is 0 Å². The van der Waals surface area contributed by atoms with Gasteiger partial charge in [0, 0.05) is 24.2 Å². The van der Waals surface area contributed by atoms with Crippen molar-refractivity contribution < 1.29 is 22.6 Å². The van der Waals surface area contributed by atoms with Crippen molar-refractivity contribution in [2.24, 2.45) is 0 Å². The minimum Gasteiger partial charge on any atom is -0.486 e. The average Bonchev–Trinajstić information content (AvgIpc) is 3.38. The summed E-state index contributed by atoms with van der Waals surface area (Å²) in [6, 6.07) is 7.75. The number of thioether (sulfide) groups is 1. The Morgan fingerprint density at radius 2 is 1.91 bits per heavy atom. The summed E-state index contributed by atoms with van der Waals surface area (Å²) >= 11 is 2.64. The van der Waals surface area contributed by atoms with E-state index in [1.54, 1.807) is 4.90 Å². The van der Waals surface area contributed by atoms with Crippen molar-refractivity contribution in [1.29, 1.82) is 0 Å². The van der Waals surface area contributed by atoms with Gasteiger partial charge in [-0.1, -0.05) is 29.5 Å². The zero-order chi connectivity index (χ0) is 22.6. The summed E-state index contributed by atoms with van der Waals surface area (Å²) in [6.07, 6.45) is -4.38. The Morgan fingerprint density at radius 1 is 1.16 bits per heavy atom. The molecule has 3 aromatic rings. The second kappa shape index (κ2) is 10.1. The summed E-state index contributed by atoms with van der Waals surface area (Å²) in [7, 11) is 0. The van der Waals surface area contributed by atoms with E-state index in [-0.39, 0.29) is 11.1 Å². The Kier molecular flexibility index (Phi) is 7.21. The molecule has 12 heteroatoms. The van der Waals surface area contributed by atoms with E-state index < -0.39 is 12.7 Å². The van der Waals surface area contributed by atoms with Crippen molar-refractivity contribution in [3.63, 3.8) is 0 Å². The van der Waals surface area contributed by atoms with Gasteiger partial charge in [-0.05, 0) is 19.1 Å². The molecule has 1 fully saturated rings. The first kappa shape index (κ1) is 22.9. The highest BCUT2D eigenvalue weighted by atomic mass is 32.2. The molecular formula is C20H22F3N5O2S2. The molecule has 0 amide bonds. The molecule has 3 heterocycles. The molecule has 0 unspecified atom stereocenters. The van der Waals surface area contributed by atoms with Gasteiger partial charge in [0.2, 0.25) is 5.95 Å². The van der Waals surface area contributed by atoms with Gasteiger partial charge in [-0.3, -0.25) is 4.57 Å². The monoisotopic (exact) mass is 485 g/mol. The smallest absolute Gasteiger partial charge is 0.406 e. The second-order valence-corrected chi connectivity index (χ2v) is 9.09. The third-order valence-electron chi connectivity index (χ3n) is 4.66. The zero-order valence-corrected chi connectivity index (χ0v) is 19.0. The Labute approximate surface area is 191 Å².